The lowest BCUT2D eigenvalue weighted by atomic mass is 9.81. The number of ether oxygens (including phenoxy) is 3. The van der Waals surface area contributed by atoms with Gasteiger partial charge in [0.05, 0.1) is 47.4 Å². The number of rotatable bonds is 42. The average Bonchev–Trinajstić information content (AvgIpc) is 3.11. The Kier molecular flexibility index (Phi) is 29.3. The van der Waals surface area contributed by atoms with E-state index in [-0.39, 0.29) is 17.1 Å². The molecule has 84 heavy (non-hydrogen) atoms. The van der Waals surface area contributed by atoms with Gasteiger partial charge in [0.2, 0.25) is 0 Å². The standard InChI is InChI=1S/C69H100N2O6S7/c1-9-17-21-23-25-27-29-31-33-35-39-69(40-36-34-32-30-28-26-24-22-18-10-2)53-45-57(62-54(75-47-49(13-5)37-19-11-3)41-51(79-62)43-59-65(72)70(15-7)67(74)83-59)81-61(53)64-56(77-69)46-58(82-64)63-55(76-48-50(14-6)38-20-12-4)42-52(80-63)44-60-66(73)71(16-8)68(78)84-60/h41-46,49-50H,9-40,47-48H2,1-8H3/b59-43+,60-44+. The Morgan fingerprint density at radius 2 is 0.929 bits per heavy atom. The van der Waals surface area contributed by atoms with Gasteiger partial charge in [0, 0.05) is 39.4 Å². The van der Waals surface area contributed by atoms with E-state index in [0.717, 1.165) is 127 Å². The SMILES string of the molecule is CCCCCCCCCCCCC1(CCCCCCCCCCCC)Oc2cc(-c3sc(/C=C4/SC(=S)N(CC)C4=O)cc3OCC(CC)CCCC)sc2-c2sc(-c3sc(/C=C4/SC(=O)N(CC)C4=O)cc3OCC(CC)CCCC)cc21. The van der Waals surface area contributed by atoms with E-state index in [2.05, 4.69) is 65.8 Å². The van der Waals surface area contributed by atoms with Gasteiger partial charge in [-0.15, -0.1) is 45.3 Å². The number of amides is 3. The number of carbonyl (C=O) groups excluding carboxylic acids is 3. The van der Waals surface area contributed by atoms with Crippen molar-refractivity contribution in [3.63, 3.8) is 0 Å². The number of thioether (sulfide) groups is 2. The van der Waals surface area contributed by atoms with E-state index in [1.54, 1.807) is 38.9 Å². The van der Waals surface area contributed by atoms with E-state index in [0.29, 0.717) is 52.3 Å². The van der Waals surface area contributed by atoms with Crippen LogP contribution in [-0.2, 0) is 15.2 Å². The van der Waals surface area contributed by atoms with Gasteiger partial charge in [0.15, 0.2) is 0 Å². The molecule has 0 aliphatic carbocycles. The largest absolute Gasteiger partial charge is 0.492 e. The molecule has 0 radical (unpaired) electrons. The fourth-order valence-electron chi connectivity index (χ4n) is 11.8. The van der Waals surface area contributed by atoms with E-state index in [1.165, 1.54) is 156 Å². The topological polar surface area (TPSA) is 85.4 Å². The number of hydrogen-bond acceptors (Lipinski definition) is 13. The number of nitrogens with zero attached hydrogens (tertiary/aromatic N) is 2. The molecule has 7 rings (SSSR count). The number of hydrogen-bond donors (Lipinski definition) is 0. The van der Waals surface area contributed by atoms with Crippen LogP contribution in [0.2, 0.25) is 0 Å². The second kappa shape index (κ2) is 35.9. The first-order valence-corrected chi connectivity index (χ1v) is 38.3. The molecule has 2 unspecified atom stereocenters. The third kappa shape index (κ3) is 18.8. The van der Waals surface area contributed by atoms with E-state index in [9.17, 15) is 14.4 Å². The molecule has 4 aromatic heterocycles. The fraction of sp³-hybridized carbons (Fsp3) is 0.652. The summed E-state index contributed by atoms with van der Waals surface area (Å²) in [5, 5.41) is -0.218. The molecule has 0 saturated carbocycles. The molecule has 4 aromatic rings. The van der Waals surface area contributed by atoms with Gasteiger partial charge in [-0.1, -0.05) is 220 Å². The van der Waals surface area contributed by atoms with Gasteiger partial charge in [0.25, 0.3) is 17.1 Å². The van der Waals surface area contributed by atoms with Gasteiger partial charge in [0.1, 0.15) is 27.2 Å². The molecule has 3 aliphatic rings. The third-order valence-electron chi connectivity index (χ3n) is 17.1. The van der Waals surface area contributed by atoms with Crippen LogP contribution in [0.5, 0.6) is 17.2 Å². The second-order valence-electron chi connectivity index (χ2n) is 23.6. The van der Waals surface area contributed by atoms with Crippen LogP contribution in [-0.4, -0.2) is 57.5 Å². The molecule has 0 N–H and O–H groups in total. The highest BCUT2D eigenvalue weighted by atomic mass is 32.2. The van der Waals surface area contributed by atoms with Crippen molar-refractivity contribution in [3.05, 3.63) is 49.4 Å². The highest BCUT2D eigenvalue weighted by molar-refractivity contribution is 8.26. The van der Waals surface area contributed by atoms with Gasteiger partial charge >= 0.3 is 0 Å². The summed E-state index contributed by atoms with van der Waals surface area (Å²) in [4.78, 5) is 52.9. The maximum Gasteiger partial charge on any atom is 0.293 e. The van der Waals surface area contributed by atoms with Crippen LogP contribution in [0.4, 0.5) is 4.79 Å². The van der Waals surface area contributed by atoms with Crippen LogP contribution in [0.15, 0.2) is 34.1 Å². The average molecular weight is 1280 g/mol. The summed E-state index contributed by atoms with van der Waals surface area (Å²) in [6.45, 7) is 19.6. The zero-order chi connectivity index (χ0) is 59.8. The maximum atomic E-state index is 13.6. The summed E-state index contributed by atoms with van der Waals surface area (Å²) in [7, 11) is 0. The van der Waals surface area contributed by atoms with Crippen molar-refractivity contribution in [2.45, 2.75) is 254 Å². The first-order valence-electron chi connectivity index (χ1n) is 33.0. The molecule has 2 saturated heterocycles. The minimum atomic E-state index is -0.523. The molecule has 2 fully saturated rings. The zero-order valence-electron chi connectivity index (χ0n) is 52.4. The molecule has 0 bridgehead atoms. The normalized spacial score (nSPS) is 16.6. The monoisotopic (exact) mass is 1280 g/mol. The number of carbonyl (C=O) groups is 3. The number of thiocarbonyl (C=S) groups is 1. The molecule has 3 aliphatic heterocycles. The minimum absolute atomic E-state index is 0.0356. The van der Waals surface area contributed by atoms with E-state index >= 15 is 0 Å². The Morgan fingerprint density at radius 1 is 0.500 bits per heavy atom. The Hall–Kier alpha value is -2.92. The maximum absolute atomic E-state index is 13.6. The van der Waals surface area contributed by atoms with Gasteiger partial charge in [-0.05, 0) is 106 Å². The summed E-state index contributed by atoms with van der Waals surface area (Å²) < 4.78 is 22.3. The van der Waals surface area contributed by atoms with Crippen molar-refractivity contribution in [3.8, 4) is 46.5 Å². The molecule has 7 heterocycles. The first-order chi connectivity index (χ1) is 40.9. The Bertz CT molecular complexity index is 2760. The Labute approximate surface area is 536 Å². The van der Waals surface area contributed by atoms with Crippen LogP contribution < -0.4 is 14.2 Å². The molecule has 464 valence electrons. The Morgan fingerprint density at radius 3 is 1.37 bits per heavy atom. The minimum Gasteiger partial charge on any atom is -0.492 e. The van der Waals surface area contributed by atoms with Gasteiger partial charge < -0.3 is 14.2 Å². The van der Waals surface area contributed by atoms with Crippen molar-refractivity contribution in [2.24, 2.45) is 11.8 Å². The van der Waals surface area contributed by atoms with Crippen LogP contribution in [0.3, 0.4) is 0 Å². The van der Waals surface area contributed by atoms with Crippen LogP contribution >= 0.6 is 81.1 Å². The van der Waals surface area contributed by atoms with Crippen molar-refractivity contribution < 1.29 is 28.6 Å². The zero-order valence-corrected chi connectivity index (χ0v) is 58.1. The summed E-state index contributed by atoms with van der Waals surface area (Å²) in [6.07, 6.45) is 40.4. The van der Waals surface area contributed by atoms with Gasteiger partial charge in [-0.3, -0.25) is 24.2 Å². The van der Waals surface area contributed by atoms with Crippen LogP contribution in [0, 0.1) is 11.8 Å². The lowest BCUT2D eigenvalue weighted by Gasteiger charge is -2.38. The van der Waals surface area contributed by atoms with Crippen molar-refractivity contribution in [2.75, 3.05) is 26.3 Å². The lowest BCUT2D eigenvalue weighted by molar-refractivity contribution is -0.123. The first kappa shape index (κ1) is 68.6. The third-order valence-corrected chi connectivity index (χ3v) is 24.3. The lowest BCUT2D eigenvalue weighted by Crippen LogP contribution is -2.35. The summed E-state index contributed by atoms with van der Waals surface area (Å²) >= 11 is 15.1. The van der Waals surface area contributed by atoms with Gasteiger partial charge in [-0.25, -0.2) is 0 Å². The summed E-state index contributed by atoms with van der Waals surface area (Å²) in [5.41, 5.74) is 0.766. The van der Waals surface area contributed by atoms with Gasteiger partial charge in [-0.2, -0.15) is 0 Å². The van der Waals surface area contributed by atoms with Crippen molar-refractivity contribution in [1.29, 1.82) is 0 Å². The molecule has 3 amide bonds. The Balaban J connectivity index is 1.32. The highest BCUT2D eigenvalue weighted by Crippen LogP contribution is 2.60. The predicted octanol–water partition coefficient (Wildman–Crippen LogP) is 23.6. The molecule has 2 atom stereocenters. The molecule has 15 heteroatoms. The molecular formula is C69H100N2O6S7. The van der Waals surface area contributed by atoms with Crippen LogP contribution in [0.25, 0.3) is 41.4 Å². The quantitative estimate of drug-likeness (QED) is 0.0245. The fourth-order valence-corrected chi connectivity index (χ4v) is 19.0. The van der Waals surface area contributed by atoms with Crippen molar-refractivity contribution >= 4 is 115 Å². The number of likely N-dealkylation sites (N-methyl/N-ethyl adjacent to an activating group) is 2. The number of unbranched alkanes of at least 4 members (excludes halogenated alkanes) is 20. The molecule has 0 spiro atoms. The summed E-state index contributed by atoms with van der Waals surface area (Å²) in [6, 6.07) is 9.02. The highest BCUT2D eigenvalue weighted by Gasteiger charge is 2.44. The number of fused-ring (bicyclic) bond motifs is 3. The number of thiophene rings is 4. The van der Waals surface area contributed by atoms with Crippen molar-refractivity contribution in [1.82, 2.24) is 9.80 Å². The predicted molar refractivity (Wildman–Crippen MR) is 371 cm³/mol. The number of imide groups is 1. The smallest absolute Gasteiger partial charge is 0.293 e. The van der Waals surface area contributed by atoms with E-state index in [1.807, 2.05) is 37.3 Å². The second-order valence-corrected chi connectivity index (χ2v) is 30.5. The molecule has 8 nitrogen and oxygen atoms in total. The van der Waals surface area contributed by atoms with Crippen LogP contribution in [0.1, 0.15) is 263 Å². The summed E-state index contributed by atoms with van der Waals surface area (Å²) in [5.74, 6) is 3.26. The molecule has 0 aromatic carbocycles. The van der Waals surface area contributed by atoms with E-state index < -0.39 is 5.60 Å². The molecular weight excluding hydrogens is 1180 g/mol. The van der Waals surface area contributed by atoms with E-state index in [4.69, 9.17) is 26.4 Å².